The summed E-state index contributed by atoms with van der Waals surface area (Å²) in [6, 6.07) is 19.5. The number of hydrogen-bond donors (Lipinski definition) is 0. The van der Waals surface area contributed by atoms with E-state index in [2.05, 4.69) is 0 Å². The second kappa shape index (κ2) is 8.49. The Morgan fingerprint density at radius 1 is 1.00 bits per heavy atom. The molecule has 3 aromatic rings. The first-order valence-corrected chi connectivity index (χ1v) is 10.1. The first-order valence-electron chi connectivity index (χ1n) is 9.25. The van der Waals surface area contributed by atoms with Crippen molar-refractivity contribution >= 4 is 29.0 Å². The number of furan rings is 1. The molecule has 0 saturated carbocycles. The fraction of sp³-hybridized carbons (Fsp3) is 0.130. The van der Waals surface area contributed by atoms with Gasteiger partial charge in [-0.3, -0.25) is 14.5 Å². The Labute approximate surface area is 172 Å². The fourth-order valence-corrected chi connectivity index (χ4v) is 3.98. The first kappa shape index (κ1) is 19.2. The second-order valence-electron chi connectivity index (χ2n) is 6.63. The topological polar surface area (TPSA) is 50.5 Å². The Morgan fingerprint density at radius 3 is 2.62 bits per heavy atom. The van der Waals surface area contributed by atoms with Crippen LogP contribution in [0.3, 0.4) is 0 Å². The molecule has 0 radical (unpaired) electrons. The minimum Gasteiger partial charge on any atom is -0.457 e. The van der Waals surface area contributed by atoms with Crippen LogP contribution in [0.25, 0.3) is 17.4 Å². The van der Waals surface area contributed by atoms with Crippen LogP contribution in [0, 0.1) is 5.82 Å². The lowest BCUT2D eigenvalue weighted by Crippen LogP contribution is -2.29. The van der Waals surface area contributed by atoms with Gasteiger partial charge in [-0.2, -0.15) is 0 Å². The smallest absolute Gasteiger partial charge is 0.293 e. The van der Waals surface area contributed by atoms with Gasteiger partial charge in [0.25, 0.3) is 11.1 Å². The molecule has 2 aromatic carbocycles. The van der Waals surface area contributed by atoms with Crippen molar-refractivity contribution in [2.75, 3.05) is 6.54 Å². The number of benzene rings is 2. The summed E-state index contributed by atoms with van der Waals surface area (Å²) < 4.78 is 19.1. The van der Waals surface area contributed by atoms with E-state index in [1.807, 2.05) is 30.3 Å². The standard InChI is InChI=1S/C23H18FNO3S/c24-18-10-4-9-17(14-18)20-12-11-19(28-20)15-21-22(26)25(23(27)29-21)13-5-8-16-6-2-1-3-7-16/h1-4,6-7,9-12,14-15H,5,8,13H2/b21-15+. The summed E-state index contributed by atoms with van der Waals surface area (Å²) in [5, 5.41) is -0.272. The summed E-state index contributed by atoms with van der Waals surface area (Å²) in [5.41, 5.74) is 1.79. The predicted molar refractivity (Wildman–Crippen MR) is 112 cm³/mol. The molecule has 0 unspecified atom stereocenters. The fourth-order valence-electron chi connectivity index (χ4n) is 3.14. The Kier molecular flexibility index (Phi) is 5.62. The molecule has 0 aliphatic carbocycles. The van der Waals surface area contributed by atoms with Gasteiger partial charge in [-0.1, -0.05) is 42.5 Å². The SMILES string of the molecule is O=C1S/C(=C/c2ccc(-c3cccc(F)c3)o2)C(=O)N1CCCc1ccccc1. The number of carbonyl (C=O) groups is 2. The molecule has 0 spiro atoms. The highest BCUT2D eigenvalue weighted by Gasteiger charge is 2.34. The van der Waals surface area contributed by atoms with Crippen molar-refractivity contribution in [1.29, 1.82) is 0 Å². The van der Waals surface area contributed by atoms with E-state index in [1.165, 1.54) is 22.6 Å². The van der Waals surface area contributed by atoms with Gasteiger partial charge in [-0.25, -0.2) is 4.39 Å². The van der Waals surface area contributed by atoms with Crippen molar-refractivity contribution in [3.8, 4) is 11.3 Å². The molecule has 1 fully saturated rings. The van der Waals surface area contributed by atoms with Gasteiger partial charge in [-0.15, -0.1) is 0 Å². The minimum atomic E-state index is -0.350. The maximum Gasteiger partial charge on any atom is 0.293 e. The number of halogens is 1. The van der Waals surface area contributed by atoms with Crippen LogP contribution in [0.15, 0.2) is 76.1 Å². The van der Waals surface area contributed by atoms with Crippen LogP contribution in [0.1, 0.15) is 17.7 Å². The molecule has 4 nitrogen and oxygen atoms in total. The van der Waals surface area contributed by atoms with Crippen molar-refractivity contribution in [2.45, 2.75) is 12.8 Å². The highest BCUT2D eigenvalue weighted by molar-refractivity contribution is 8.18. The van der Waals surface area contributed by atoms with Crippen molar-refractivity contribution in [1.82, 2.24) is 4.90 Å². The summed E-state index contributed by atoms with van der Waals surface area (Å²) in [6.45, 7) is 0.379. The quantitative estimate of drug-likeness (QED) is 0.488. The van der Waals surface area contributed by atoms with E-state index in [9.17, 15) is 14.0 Å². The molecule has 1 aromatic heterocycles. The molecule has 1 saturated heterocycles. The largest absolute Gasteiger partial charge is 0.457 e. The van der Waals surface area contributed by atoms with Gasteiger partial charge in [0.2, 0.25) is 0 Å². The van der Waals surface area contributed by atoms with Crippen molar-refractivity contribution in [3.05, 3.63) is 88.8 Å². The van der Waals surface area contributed by atoms with E-state index in [0.717, 1.165) is 18.2 Å². The molecule has 6 heteroatoms. The van der Waals surface area contributed by atoms with E-state index >= 15 is 0 Å². The van der Waals surface area contributed by atoms with Crippen molar-refractivity contribution in [2.24, 2.45) is 0 Å². The molecule has 0 bridgehead atoms. The number of thioether (sulfide) groups is 1. The van der Waals surface area contributed by atoms with Gasteiger partial charge in [0.05, 0.1) is 4.91 Å². The van der Waals surface area contributed by atoms with Crippen LogP contribution in [0.5, 0.6) is 0 Å². The van der Waals surface area contributed by atoms with Gasteiger partial charge in [0, 0.05) is 18.2 Å². The van der Waals surface area contributed by atoms with E-state index in [1.54, 1.807) is 30.3 Å². The van der Waals surface area contributed by atoms with E-state index in [0.29, 0.717) is 35.0 Å². The summed E-state index contributed by atoms with van der Waals surface area (Å²) in [4.78, 5) is 26.5. The average Bonchev–Trinajstić information content (AvgIpc) is 3.29. The van der Waals surface area contributed by atoms with Crippen LogP contribution in [0.2, 0.25) is 0 Å². The number of carbonyl (C=O) groups excluding carboxylic acids is 2. The number of nitrogens with zero attached hydrogens (tertiary/aromatic N) is 1. The van der Waals surface area contributed by atoms with E-state index in [-0.39, 0.29) is 17.0 Å². The van der Waals surface area contributed by atoms with Crippen LogP contribution >= 0.6 is 11.8 Å². The third-order valence-electron chi connectivity index (χ3n) is 4.57. The molecule has 4 rings (SSSR count). The molecule has 1 aliphatic rings. The predicted octanol–water partition coefficient (Wildman–Crippen LogP) is 5.75. The Morgan fingerprint density at radius 2 is 1.83 bits per heavy atom. The number of hydrogen-bond acceptors (Lipinski definition) is 4. The zero-order valence-corrected chi connectivity index (χ0v) is 16.3. The second-order valence-corrected chi connectivity index (χ2v) is 7.63. The minimum absolute atomic E-state index is 0.272. The molecule has 29 heavy (non-hydrogen) atoms. The number of rotatable bonds is 6. The summed E-state index contributed by atoms with van der Waals surface area (Å²) in [7, 11) is 0. The lowest BCUT2D eigenvalue weighted by Gasteiger charge is -2.11. The van der Waals surface area contributed by atoms with Crippen LogP contribution < -0.4 is 0 Å². The monoisotopic (exact) mass is 407 g/mol. The van der Waals surface area contributed by atoms with Gasteiger partial charge >= 0.3 is 0 Å². The maximum absolute atomic E-state index is 13.4. The third-order valence-corrected chi connectivity index (χ3v) is 5.48. The summed E-state index contributed by atoms with van der Waals surface area (Å²) in [6.07, 6.45) is 3.07. The van der Waals surface area contributed by atoms with Gasteiger partial charge < -0.3 is 4.42 Å². The Bertz CT molecular complexity index is 1070. The van der Waals surface area contributed by atoms with Gasteiger partial charge in [0.15, 0.2) is 0 Å². The van der Waals surface area contributed by atoms with Crippen molar-refractivity contribution < 1.29 is 18.4 Å². The lowest BCUT2D eigenvalue weighted by atomic mass is 10.1. The highest BCUT2D eigenvalue weighted by atomic mass is 32.2. The van der Waals surface area contributed by atoms with Crippen LogP contribution in [0.4, 0.5) is 9.18 Å². The van der Waals surface area contributed by atoms with Crippen LogP contribution in [-0.4, -0.2) is 22.6 Å². The molecular weight excluding hydrogens is 389 g/mol. The first-order chi connectivity index (χ1) is 14.1. The summed E-state index contributed by atoms with van der Waals surface area (Å²) >= 11 is 0.909. The molecule has 0 N–H and O–H groups in total. The third kappa shape index (κ3) is 4.49. The molecule has 0 atom stereocenters. The lowest BCUT2D eigenvalue weighted by molar-refractivity contribution is -0.122. The molecule has 1 aliphatic heterocycles. The number of aryl methyl sites for hydroxylation is 1. The molecular formula is C23H18FNO3S. The average molecular weight is 407 g/mol. The normalized spacial score (nSPS) is 15.5. The number of amides is 2. The molecule has 2 amide bonds. The zero-order valence-electron chi connectivity index (χ0n) is 15.5. The number of imide groups is 1. The molecule has 146 valence electrons. The Hall–Kier alpha value is -3.12. The highest BCUT2D eigenvalue weighted by Crippen LogP contribution is 2.33. The van der Waals surface area contributed by atoms with E-state index in [4.69, 9.17) is 4.42 Å². The van der Waals surface area contributed by atoms with Gasteiger partial charge in [-0.05, 0) is 54.4 Å². The van der Waals surface area contributed by atoms with Crippen LogP contribution in [-0.2, 0) is 11.2 Å². The maximum atomic E-state index is 13.4. The zero-order chi connectivity index (χ0) is 20.2. The summed E-state index contributed by atoms with van der Waals surface area (Å²) in [5.74, 6) is 0.283. The van der Waals surface area contributed by atoms with Gasteiger partial charge in [0.1, 0.15) is 17.3 Å². The van der Waals surface area contributed by atoms with Crippen molar-refractivity contribution in [3.63, 3.8) is 0 Å². The van der Waals surface area contributed by atoms with E-state index < -0.39 is 0 Å². The Balaban J connectivity index is 1.42. The molecule has 2 heterocycles.